The molecule has 110 valence electrons. The normalized spacial score (nSPS) is 10.2. The second-order valence-corrected chi connectivity index (χ2v) is 4.48. The first-order chi connectivity index (χ1) is 9.15. The smallest absolute Gasteiger partial charge is 0.292 e. The number of nitrogens with zero attached hydrogens (tertiary/aromatic N) is 5. The topological polar surface area (TPSA) is 125 Å². The molecule has 0 bridgehead atoms. The Morgan fingerprint density at radius 1 is 1.50 bits per heavy atom. The maximum absolute atomic E-state index is 11.3. The molecule has 0 radical (unpaired) electrons. The number of hydrogen-bond acceptors (Lipinski definition) is 8. The number of carbonyl (C=O) groups excluding carboxylic acids is 1. The summed E-state index contributed by atoms with van der Waals surface area (Å²) in [6.45, 7) is 0.325. The Morgan fingerprint density at radius 3 is 2.85 bits per heavy atom. The van der Waals surface area contributed by atoms with E-state index in [9.17, 15) is 4.79 Å². The van der Waals surface area contributed by atoms with Crippen molar-refractivity contribution in [3.63, 3.8) is 0 Å². The van der Waals surface area contributed by atoms with Crippen molar-refractivity contribution < 1.29 is 9.32 Å². The van der Waals surface area contributed by atoms with E-state index in [1.54, 1.807) is 4.57 Å². The average Bonchev–Trinajstić information content (AvgIpc) is 3.02. The molecule has 0 aliphatic carbocycles. The average molecular weight is 320 g/mol. The highest BCUT2D eigenvalue weighted by Gasteiger charge is 2.14. The van der Waals surface area contributed by atoms with Gasteiger partial charge in [-0.1, -0.05) is 16.9 Å². The number of nitrogens with one attached hydrogen (secondary N) is 1. The number of thioether (sulfide) groups is 1. The number of rotatable bonds is 5. The van der Waals surface area contributed by atoms with Gasteiger partial charge < -0.3 is 20.1 Å². The lowest BCUT2D eigenvalue weighted by Crippen LogP contribution is -2.19. The molecule has 0 saturated heterocycles. The third kappa shape index (κ3) is 3.46. The highest BCUT2D eigenvalue weighted by molar-refractivity contribution is 7.98. The third-order valence-electron chi connectivity index (χ3n) is 2.33. The predicted octanol–water partition coefficient (Wildman–Crippen LogP) is -0.269. The first-order valence-corrected chi connectivity index (χ1v) is 6.40. The molecule has 0 atom stereocenters. The van der Waals surface area contributed by atoms with Gasteiger partial charge in [-0.15, -0.1) is 22.6 Å². The van der Waals surface area contributed by atoms with Gasteiger partial charge in [-0.2, -0.15) is 4.98 Å². The SMILES string of the molecule is CNC(=O)c1noc(CSc2nnc(CN)n2C)n1.Cl. The Balaban J connectivity index is 0.00000200. The highest BCUT2D eigenvalue weighted by atomic mass is 35.5. The van der Waals surface area contributed by atoms with Crippen LogP contribution in [0.15, 0.2) is 9.68 Å². The van der Waals surface area contributed by atoms with Crippen molar-refractivity contribution in [1.29, 1.82) is 0 Å². The van der Waals surface area contributed by atoms with Crippen molar-refractivity contribution in [2.75, 3.05) is 7.05 Å². The first-order valence-electron chi connectivity index (χ1n) is 5.41. The fourth-order valence-electron chi connectivity index (χ4n) is 1.29. The molecular weight excluding hydrogens is 306 g/mol. The van der Waals surface area contributed by atoms with Gasteiger partial charge in [0.15, 0.2) is 5.16 Å². The molecule has 2 aromatic rings. The van der Waals surface area contributed by atoms with Crippen molar-refractivity contribution in [2.24, 2.45) is 12.8 Å². The molecule has 2 rings (SSSR count). The van der Waals surface area contributed by atoms with Crippen LogP contribution in [-0.4, -0.2) is 37.9 Å². The van der Waals surface area contributed by atoms with Crippen molar-refractivity contribution in [3.05, 3.63) is 17.5 Å². The van der Waals surface area contributed by atoms with E-state index < -0.39 is 0 Å². The molecule has 0 fully saturated rings. The number of amides is 1. The summed E-state index contributed by atoms with van der Waals surface area (Å²) in [5.41, 5.74) is 5.51. The van der Waals surface area contributed by atoms with Gasteiger partial charge in [0.25, 0.3) is 11.7 Å². The summed E-state index contributed by atoms with van der Waals surface area (Å²) >= 11 is 1.37. The predicted molar refractivity (Wildman–Crippen MR) is 73.4 cm³/mol. The summed E-state index contributed by atoms with van der Waals surface area (Å²) in [5, 5.41) is 14.6. The van der Waals surface area contributed by atoms with Crippen LogP contribution in [0.2, 0.25) is 0 Å². The fraction of sp³-hybridized carbons (Fsp3) is 0.444. The van der Waals surface area contributed by atoms with Gasteiger partial charge in [0.2, 0.25) is 5.89 Å². The van der Waals surface area contributed by atoms with Crippen LogP contribution in [0.25, 0.3) is 0 Å². The minimum absolute atomic E-state index is 0. The minimum Gasteiger partial charge on any atom is -0.352 e. The van der Waals surface area contributed by atoms with Gasteiger partial charge in [0, 0.05) is 14.1 Å². The summed E-state index contributed by atoms with van der Waals surface area (Å²) < 4.78 is 6.75. The summed E-state index contributed by atoms with van der Waals surface area (Å²) in [6, 6.07) is 0. The lowest BCUT2D eigenvalue weighted by atomic mass is 10.6. The van der Waals surface area contributed by atoms with Gasteiger partial charge in [-0.25, -0.2) is 0 Å². The quantitative estimate of drug-likeness (QED) is 0.721. The molecule has 2 heterocycles. The van der Waals surface area contributed by atoms with E-state index in [2.05, 4.69) is 25.7 Å². The lowest BCUT2D eigenvalue weighted by Gasteiger charge is -1.99. The van der Waals surface area contributed by atoms with Crippen LogP contribution >= 0.6 is 24.2 Å². The molecule has 3 N–H and O–H groups in total. The second kappa shape index (κ2) is 7.22. The van der Waals surface area contributed by atoms with Crippen molar-refractivity contribution in [3.8, 4) is 0 Å². The molecule has 0 aliphatic heterocycles. The van der Waals surface area contributed by atoms with E-state index in [0.717, 1.165) is 0 Å². The highest BCUT2D eigenvalue weighted by Crippen LogP contribution is 2.19. The van der Waals surface area contributed by atoms with Crippen LogP contribution in [0.1, 0.15) is 22.3 Å². The molecule has 11 heteroatoms. The Labute approximate surface area is 125 Å². The number of aromatic nitrogens is 5. The Bertz CT molecular complexity index is 585. The summed E-state index contributed by atoms with van der Waals surface area (Å²) in [5.74, 6) is 1.07. The zero-order valence-electron chi connectivity index (χ0n) is 10.9. The summed E-state index contributed by atoms with van der Waals surface area (Å²) in [4.78, 5) is 15.2. The molecule has 9 nitrogen and oxygen atoms in total. The number of carbonyl (C=O) groups is 1. The van der Waals surface area contributed by atoms with Crippen LogP contribution in [-0.2, 0) is 19.3 Å². The Morgan fingerprint density at radius 2 is 2.25 bits per heavy atom. The molecule has 0 unspecified atom stereocenters. The molecule has 1 amide bonds. The zero-order valence-corrected chi connectivity index (χ0v) is 12.5. The lowest BCUT2D eigenvalue weighted by molar-refractivity contribution is 0.0950. The van der Waals surface area contributed by atoms with E-state index in [4.69, 9.17) is 10.3 Å². The first kappa shape index (κ1) is 16.4. The molecule has 0 aromatic carbocycles. The Hall–Kier alpha value is -1.65. The molecule has 0 aliphatic rings. The van der Waals surface area contributed by atoms with Gasteiger partial charge >= 0.3 is 0 Å². The zero-order chi connectivity index (χ0) is 13.8. The molecule has 20 heavy (non-hydrogen) atoms. The number of halogens is 1. The second-order valence-electron chi connectivity index (χ2n) is 3.54. The Kier molecular flexibility index (Phi) is 5.92. The fourth-order valence-corrected chi connectivity index (χ4v) is 2.06. The molecule has 2 aromatic heterocycles. The summed E-state index contributed by atoms with van der Waals surface area (Å²) in [7, 11) is 3.33. The summed E-state index contributed by atoms with van der Waals surface area (Å²) in [6.07, 6.45) is 0. The van der Waals surface area contributed by atoms with E-state index in [-0.39, 0.29) is 24.1 Å². The van der Waals surface area contributed by atoms with E-state index in [1.807, 2.05) is 7.05 Å². The molecule has 0 spiro atoms. The monoisotopic (exact) mass is 319 g/mol. The maximum atomic E-state index is 11.3. The van der Waals surface area contributed by atoms with Crippen LogP contribution in [0.5, 0.6) is 0 Å². The molecule has 0 saturated carbocycles. The van der Waals surface area contributed by atoms with Crippen molar-refractivity contribution in [2.45, 2.75) is 17.5 Å². The standard InChI is InChI=1S/C9H13N7O2S.ClH/c1-11-8(17)7-12-6(18-15-7)4-19-9-14-13-5(3-10)16(9)2;/h3-4,10H2,1-2H3,(H,11,17);1H. The van der Waals surface area contributed by atoms with Crippen LogP contribution in [0, 0.1) is 0 Å². The van der Waals surface area contributed by atoms with Gasteiger partial charge in [0.1, 0.15) is 5.82 Å². The van der Waals surface area contributed by atoms with Gasteiger partial charge in [-0.3, -0.25) is 4.79 Å². The van der Waals surface area contributed by atoms with E-state index in [1.165, 1.54) is 18.8 Å². The van der Waals surface area contributed by atoms with Crippen LogP contribution < -0.4 is 11.1 Å². The van der Waals surface area contributed by atoms with Crippen molar-refractivity contribution in [1.82, 2.24) is 30.2 Å². The molecular formula is C9H14ClN7O2S. The van der Waals surface area contributed by atoms with Crippen molar-refractivity contribution >= 4 is 30.1 Å². The van der Waals surface area contributed by atoms with Crippen LogP contribution in [0.3, 0.4) is 0 Å². The number of nitrogens with two attached hydrogens (primary N) is 1. The van der Waals surface area contributed by atoms with Gasteiger partial charge in [0.05, 0.1) is 12.3 Å². The minimum atomic E-state index is -0.385. The number of hydrogen-bond donors (Lipinski definition) is 2. The third-order valence-corrected chi connectivity index (χ3v) is 3.34. The van der Waals surface area contributed by atoms with E-state index >= 15 is 0 Å². The maximum Gasteiger partial charge on any atom is 0.292 e. The largest absolute Gasteiger partial charge is 0.352 e. The van der Waals surface area contributed by atoms with Gasteiger partial charge in [-0.05, 0) is 0 Å². The van der Waals surface area contributed by atoms with Crippen LogP contribution in [0.4, 0.5) is 0 Å². The van der Waals surface area contributed by atoms with E-state index in [0.29, 0.717) is 29.2 Å².